The van der Waals surface area contributed by atoms with Crippen LogP contribution in [0.1, 0.15) is 79.7 Å². The second kappa shape index (κ2) is 9.50. The fraction of sp³-hybridized carbons (Fsp3) is 0.600. The van der Waals surface area contributed by atoms with Crippen LogP contribution in [-0.4, -0.2) is 22.3 Å². The van der Waals surface area contributed by atoms with Crippen molar-refractivity contribution in [1.29, 1.82) is 0 Å². The number of alkyl halides is 3. The van der Waals surface area contributed by atoms with Crippen LogP contribution in [0.25, 0.3) is 0 Å². The van der Waals surface area contributed by atoms with Gasteiger partial charge in [0.2, 0.25) is 5.91 Å². The first kappa shape index (κ1) is 24.0. The van der Waals surface area contributed by atoms with Crippen molar-refractivity contribution in [2.24, 2.45) is 29.6 Å². The van der Waals surface area contributed by atoms with Gasteiger partial charge in [-0.15, -0.1) is 0 Å². The quantitative estimate of drug-likeness (QED) is 0.456. The van der Waals surface area contributed by atoms with Gasteiger partial charge in [0.25, 0.3) is 0 Å². The number of hydrogen-bond donors (Lipinski definition) is 0. The van der Waals surface area contributed by atoms with Crippen LogP contribution < -0.4 is 0 Å². The molecule has 36 heavy (non-hydrogen) atoms. The Morgan fingerprint density at radius 3 is 2.47 bits per heavy atom. The van der Waals surface area contributed by atoms with E-state index in [0.29, 0.717) is 42.0 Å². The number of benzene rings is 1. The molecule has 1 amide bonds. The molecule has 6 rings (SSSR count). The van der Waals surface area contributed by atoms with E-state index in [1.807, 2.05) is 0 Å². The molecule has 3 fully saturated rings. The molecule has 0 spiro atoms. The molecule has 3 saturated carbocycles. The molecule has 4 aliphatic rings. The summed E-state index contributed by atoms with van der Waals surface area (Å²) >= 11 is 0. The zero-order valence-electron chi connectivity index (χ0n) is 20.7. The van der Waals surface area contributed by atoms with Crippen LogP contribution in [0.5, 0.6) is 0 Å². The first-order chi connectivity index (χ1) is 17.4. The number of fused-ring (bicyclic) bond motifs is 2. The van der Waals surface area contributed by atoms with Gasteiger partial charge in [-0.05, 0) is 91.7 Å². The van der Waals surface area contributed by atoms with Gasteiger partial charge >= 0.3 is 6.18 Å². The van der Waals surface area contributed by atoms with Crippen molar-refractivity contribution >= 4 is 5.91 Å². The van der Waals surface area contributed by atoms with Crippen LogP contribution >= 0.6 is 0 Å². The minimum absolute atomic E-state index is 0.0872. The average molecular weight is 497 g/mol. The monoisotopic (exact) mass is 496 g/mol. The van der Waals surface area contributed by atoms with E-state index >= 15 is 0 Å². The number of amides is 1. The number of nitrogens with zero attached hydrogens (tertiary/aromatic N) is 2. The Morgan fingerprint density at radius 1 is 0.972 bits per heavy atom. The fourth-order valence-electron chi connectivity index (χ4n) is 7.58. The van der Waals surface area contributed by atoms with Gasteiger partial charge in [0.15, 0.2) is 0 Å². The molecule has 192 valence electrons. The van der Waals surface area contributed by atoms with Crippen LogP contribution in [0.3, 0.4) is 0 Å². The third kappa shape index (κ3) is 4.80. The summed E-state index contributed by atoms with van der Waals surface area (Å²) in [5.41, 5.74) is 2.01. The summed E-state index contributed by atoms with van der Waals surface area (Å²) in [5.74, 6) is 3.47. The van der Waals surface area contributed by atoms with Gasteiger partial charge < -0.3 is 4.90 Å². The van der Waals surface area contributed by atoms with Gasteiger partial charge in [-0.25, -0.2) is 0 Å². The first-order valence-corrected chi connectivity index (χ1v) is 13.8. The zero-order valence-corrected chi connectivity index (χ0v) is 20.7. The second-order valence-corrected chi connectivity index (χ2v) is 11.7. The predicted molar refractivity (Wildman–Crippen MR) is 132 cm³/mol. The Morgan fingerprint density at radius 2 is 1.72 bits per heavy atom. The third-order valence-corrected chi connectivity index (χ3v) is 9.59. The van der Waals surface area contributed by atoms with Gasteiger partial charge in [-0.1, -0.05) is 36.8 Å². The number of carbonyl (C=O) groups is 1. The number of halogens is 3. The maximum absolute atomic E-state index is 13.4. The van der Waals surface area contributed by atoms with E-state index < -0.39 is 11.7 Å². The first-order valence-electron chi connectivity index (χ1n) is 13.8. The van der Waals surface area contributed by atoms with Crippen molar-refractivity contribution in [2.75, 3.05) is 6.54 Å². The van der Waals surface area contributed by atoms with Gasteiger partial charge in [-0.3, -0.25) is 9.78 Å². The largest absolute Gasteiger partial charge is 0.417 e. The highest BCUT2D eigenvalue weighted by Crippen LogP contribution is 2.59. The number of hydrogen-bond acceptors (Lipinski definition) is 2. The van der Waals surface area contributed by atoms with E-state index in [4.69, 9.17) is 0 Å². The number of aromatic nitrogens is 1. The Labute approximate surface area is 211 Å². The standard InChI is InChI=1S/C30H35F3N2O/c31-30(32,33)24-16-23-18-35(13-12-27(23)34-17-24)29(36)28-25-11-8-20(15-26(25)28)14-19-6-9-22(10-7-19)21-4-2-1-3-5-21/h1-5,16-17,19-20,22,25-26,28H,6-15,18H2/t19?,20?,22?,25-,26+,28?/m0/s1. The zero-order chi connectivity index (χ0) is 24.9. The Kier molecular flexibility index (Phi) is 6.33. The molecule has 0 N–H and O–H groups in total. The van der Waals surface area contributed by atoms with E-state index in [1.54, 1.807) is 4.90 Å². The summed E-state index contributed by atoms with van der Waals surface area (Å²) in [6.07, 6.45) is 7.07. The smallest absolute Gasteiger partial charge is 0.338 e. The van der Waals surface area contributed by atoms with Gasteiger partial charge in [-0.2, -0.15) is 13.2 Å². The fourth-order valence-corrected chi connectivity index (χ4v) is 7.58. The van der Waals surface area contributed by atoms with Gasteiger partial charge in [0.1, 0.15) is 0 Å². The normalized spacial score (nSPS) is 31.9. The minimum Gasteiger partial charge on any atom is -0.338 e. The molecule has 3 aliphatic carbocycles. The number of rotatable bonds is 4. The average Bonchev–Trinajstić information content (AvgIpc) is 3.61. The maximum atomic E-state index is 13.4. The lowest BCUT2D eigenvalue weighted by Crippen LogP contribution is -2.38. The molecular weight excluding hydrogens is 461 g/mol. The molecule has 1 aromatic heterocycles. The Balaban J connectivity index is 1.01. The van der Waals surface area contributed by atoms with Crippen molar-refractivity contribution in [3.05, 3.63) is 65.0 Å². The van der Waals surface area contributed by atoms with Crippen LogP contribution in [0.15, 0.2) is 42.6 Å². The molecule has 2 unspecified atom stereocenters. The van der Waals surface area contributed by atoms with Crippen LogP contribution in [-0.2, 0) is 23.9 Å². The lowest BCUT2D eigenvalue weighted by molar-refractivity contribution is -0.137. The molecule has 0 bridgehead atoms. The molecule has 1 aromatic carbocycles. The lowest BCUT2D eigenvalue weighted by atomic mass is 9.73. The van der Waals surface area contributed by atoms with Crippen molar-refractivity contribution in [3.63, 3.8) is 0 Å². The minimum atomic E-state index is -4.41. The number of pyridine rings is 1. The molecule has 3 nitrogen and oxygen atoms in total. The summed E-state index contributed by atoms with van der Waals surface area (Å²) in [6.45, 7) is 0.823. The summed E-state index contributed by atoms with van der Waals surface area (Å²) in [6, 6.07) is 12.1. The molecular formula is C30H35F3N2O. The summed E-state index contributed by atoms with van der Waals surface area (Å²) in [5, 5.41) is 0. The van der Waals surface area contributed by atoms with Crippen LogP contribution in [0, 0.1) is 29.6 Å². The Bertz CT molecular complexity index is 1090. The lowest BCUT2D eigenvalue weighted by Gasteiger charge is -2.32. The van der Waals surface area contributed by atoms with Crippen molar-refractivity contribution in [3.8, 4) is 0 Å². The predicted octanol–water partition coefficient (Wildman–Crippen LogP) is 7.01. The Hall–Kier alpha value is -2.37. The summed E-state index contributed by atoms with van der Waals surface area (Å²) in [4.78, 5) is 19.2. The highest BCUT2D eigenvalue weighted by atomic mass is 19.4. The molecule has 0 radical (unpaired) electrons. The van der Waals surface area contributed by atoms with Gasteiger partial charge in [0, 0.05) is 37.3 Å². The maximum Gasteiger partial charge on any atom is 0.417 e. The topological polar surface area (TPSA) is 33.2 Å². The third-order valence-electron chi connectivity index (χ3n) is 9.59. The molecule has 6 heteroatoms. The highest BCUT2D eigenvalue weighted by molar-refractivity contribution is 5.82. The van der Waals surface area contributed by atoms with E-state index in [-0.39, 0.29) is 18.4 Å². The van der Waals surface area contributed by atoms with E-state index in [9.17, 15) is 18.0 Å². The molecule has 2 aromatic rings. The van der Waals surface area contributed by atoms with Crippen LogP contribution in [0.4, 0.5) is 13.2 Å². The molecule has 4 atom stereocenters. The SMILES string of the molecule is O=C(C1[C@H]2CCC(CC3CCC(c4ccccc4)CC3)C[C@@H]12)N1CCc2ncc(C(F)(F)F)cc2C1. The summed E-state index contributed by atoms with van der Waals surface area (Å²) in [7, 11) is 0. The number of carbonyl (C=O) groups excluding carboxylic acids is 1. The van der Waals surface area contributed by atoms with Gasteiger partial charge in [0.05, 0.1) is 5.56 Å². The highest BCUT2D eigenvalue weighted by Gasteiger charge is 2.57. The van der Waals surface area contributed by atoms with E-state index in [0.717, 1.165) is 30.9 Å². The van der Waals surface area contributed by atoms with Crippen molar-refractivity contribution < 1.29 is 18.0 Å². The molecule has 2 heterocycles. The summed E-state index contributed by atoms with van der Waals surface area (Å²) < 4.78 is 39.4. The van der Waals surface area contributed by atoms with E-state index in [1.165, 1.54) is 50.2 Å². The second-order valence-electron chi connectivity index (χ2n) is 11.7. The van der Waals surface area contributed by atoms with Crippen molar-refractivity contribution in [2.45, 2.75) is 76.4 Å². The van der Waals surface area contributed by atoms with Crippen molar-refractivity contribution in [1.82, 2.24) is 9.88 Å². The van der Waals surface area contributed by atoms with Crippen LogP contribution in [0.2, 0.25) is 0 Å². The van der Waals surface area contributed by atoms with E-state index in [2.05, 4.69) is 35.3 Å². The molecule has 1 aliphatic heterocycles. The molecule has 0 saturated heterocycles.